The van der Waals surface area contributed by atoms with Crippen LogP contribution in [0.2, 0.25) is 0 Å². The van der Waals surface area contributed by atoms with E-state index in [1.54, 1.807) is 17.5 Å². The predicted octanol–water partition coefficient (Wildman–Crippen LogP) is 3.46. The largest absolute Gasteiger partial charge is 0.395 e. The molecule has 0 saturated heterocycles. The van der Waals surface area contributed by atoms with Crippen LogP contribution in [0, 0.1) is 0 Å². The lowest BCUT2D eigenvalue weighted by molar-refractivity contribution is 0.226. The summed E-state index contributed by atoms with van der Waals surface area (Å²) in [6, 6.07) is 16.1. The molecule has 3 rings (SSSR count). The van der Waals surface area contributed by atoms with Crippen LogP contribution in [0.25, 0.3) is 10.7 Å². The van der Waals surface area contributed by atoms with Crippen molar-refractivity contribution in [2.24, 2.45) is 0 Å². The molecule has 0 aliphatic rings. The van der Waals surface area contributed by atoms with Gasteiger partial charge in [0.1, 0.15) is 5.01 Å². The highest BCUT2D eigenvalue weighted by Crippen LogP contribution is 2.24. The monoisotopic (exact) mass is 339 g/mol. The third-order valence-electron chi connectivity index (χ3n) is 4.10. The first kappa shape index (κ1) is 16.8. The molecule has 5 heteroatoms. The molecule has 2 N–H and O–H groups in total. The number of aliphatic hydroxyl groups is 1. The zero-order chi connectivity index (χ0) is 16.8. The third kappa shape index (κ3) is 4.06. The average Bonchev–Trinajstić information content (AvgIpc) is 3.12. The summed E-state index contributed by atoms with van der Waals surface area (Å²) < 4.78 is 0. The Kier molecular flexibility index (Phi) is 5.69. The van der Waals surface area contributed by atoms with Crippen molar-refractivity contribution in [2.45, 2.75) is 25.4 Å². The molecule has 0 bridgehead atoms. The second-order valence-electron chi connectivity index (χ2n) is 5.72. The summed E-state index contributed by atoms with van der Waals surface area (Å²) in [6.07, 6.45) is 3.65. The van der Waals surface area contributed by atoms with Gasteiger partial charge in [-0.3, -0.25) is 4.98 Å². The molecule has 4 nitrogen and oxygen atoms in total. The fourth-order valence-corrected chi connectivity index (χ4v) is 3.46. The lowest BCUT2D eigenvalue weighted by Gasteiger charge is -2.23. The van der Waals surface area contributed by atoms with Gasteiger partial charge in [0.2, 0.25) is 0 Å². The minimum Gasteiger partial charge on any atom is -0.395 e. The summed E-state index contributed by atoms with van der Waals surface area (Å²) in [6.45, 7) is 2.92. The predicted molar refractivity (Wildman–Crippen MR) is 97.9 cm³/mol. The van der Waals surface area contributed by atoms with Gasteiger partial charge in [-0.25, -0.2) is 4.98 Å². The Hall–Kier alpha value is -2.08. The fraction of sp³-hybridized carbons (Fsp3) is 0.263. The van der Waals surface area contributed by atoms with Crippen LogP contribution >= 0.6 is 11.3 Å². The Morgan fingerprint density at radius 1 is 1.08 bits per heavy atom. The van der Waals surface area contributed by atoms with E-state index >= 15 is 0 Å². The smallest absolute Gasteiger partial charge is 0.142 e. The number of aromatic nitrogens is 2. The number of nitrogens with one attached hydrogen (secondary N) is 1. The Morgan fingerprint density at radius 2 is 1.88 bits per heavy atom. The molecule has 0 aliphatic carbocycles. The van der Waals surface area contributed by atoms with Crippen molar-refractivity contribution in [1.29, 1.82) is 0 Å². The Labute approximate surface area is 146 Å². The number of pyridine rings is 1. The first-order valence-electron chi connectivity index (χ1n) is 8.03. The van der Waals surface area contributed by atoms with Crippen LogP contribution in [0.3, 0.4) is 0 Å². The Morgan fingerprint density at radius 3 is 2.58 bits per heavy atom. The molecule has 1 aromatic carbocycles. The molecule has 2 heterocycles. The second-order valence-corrected chi connectivity index (χ2v) is 6.83. The van der Waals surface area contributed by atoms with E-state index in [0.717, 1.165) is 15.6 Å². The van der Waals surface area contributed by atoms with Gasteiger partial charge in [0.05, 0.1) is 12.3 Å². The van der Waals surface area contributed by atoms with Gasteiger partial charge < -0.3 is 10.4 Å². The van der Waals surface area contributed by atoms with Crippen LogP contribution in [0.4, 0.5) is 0 Å². The molecule has 2 unspecified atom stereocenters. The molecule has 124 valence electrons. The molecule has 0 spiro atoms. The summed E-state index contributed by atoms with van der Waals surface area (Å²) in [4.78, 5) is 9.91. The van der Waals surface area contributed by atoms with Gasteiger partial charge in [-0.05, 0) is 23.6 Å². The first-order valence-corrected chi connectivity index (χ1v) is 8.85. The lowest BCUT2D eigenvalue weighted by Crippen LogP contribution is -2.36. The van der Waals surface area contributed by atoms with E-state index in [9.17, 15) is 5.11 Å². The van der Waals surface area contributed by atoms with Gasteiger partial charge >= 0.3 is 0 Å². The van der Waals surface area contributed by atoms with Crippen LogP contribution < -0.4 is 5.32 Å². The Bertz CT molecular complexity index is 746. The van der Waals surface area contributed by atoms with Gasteiger partial charge in [-0.2, -0.15) is 0 Å². The standard InChI is InChI=1S/C19H21N3OS/c1-14(15-7-3-2-4-8-15)18(13-23)21-11-16-12-22-19(24-16)17-9-5-6-10-20-17/h2-10,12,14,18,21,23H,11,13H2,1H3. The molecule has 2 atom stereocenters. The normalized spacial score (nSPS) is 13.6. The SMILES string of the molecule is CC(c1ccccc1)C(CO)NCc1cnc(-c2ccccn2)s1. The van der Waals surface area contributed by atoms with Gasteiger partial charge in [0.15, 0.2) is 0 Å². The molecule has 0 aliphatic heterocycles. The molecule has 24 heavy (non-hydrogen) atoms. The maximum absolute atomic E-state index is 9.73. The maximum Gasteiger partial charge on any atom is 0.142 e. The van der Waals surface area contributed by atoms with Crippen LogP contribution in [0.1, 0.15) is 23.3 Å². The van der Waals surface area contributed by atoms with Crippen molar-refractivity contribution in [1.82, 2.24) is 15.3 Å². The van der Waals surface area contributed by atoms with Crippen molar-refractivity contribution in [3.63, 3.8) is 0 Å². The molecular weight excluding hydrogens is 318 g/mol. The zero-order valence-corrected chi connectivity index (χ0v) is 14.4. The summed E-state index contributed by atoms with van der Waals surface area (Å²) in [5.41, 5.74) is 2.12. The highest BCUT2D eigenvalue weighted by molar-refractivity contribution is 7.14. The van der Waals surface area contributed by atoms with Gasteiger partial charge in [-0.15, -0.1) is 11.3 Å². The average molecular weight is 339 g/mol. The number of benzene rings is 1. The van der Waals surface area contributed by atoms with Crippen molar-refractivity contribution >= 4 is 11.3 Å². The van der Waals surface area contributed by atoms with E-state index in [-0.39, 0.29) is 18.6 Å². The van der Waals surface area contributed by atoms with Crippen molar-refractivity contribution in [3.05, 3.63) is 71.4 Å². The topological polar surface area (TPSA) is 58.0 Å². The van der Waals surface area contributed by atoms with Gasteiger partial charge in [0, 0.05) is 29.9 Å². The molecular formula is C19H21N3OS. The highest BCUT2D eigenvalue weighted by Gasteiger charge is 2.18. The van der Waals surface area contributed by atoms with E-state index in [1.165, 1.54) is 5.56 Å². The van der Waals surface area contributed by atoms with Crippen molar-refractivity contribution in [2.75, 3.05) is 6.61 Å². The molecule has 0 amide bonds. The fourth-order valence-electron chi connectivity index (χ4n) is 2.62. The highest BCUT2D eigenvalue weighted by atomic mass is 32.1. The van der Waals surface area contributed by atoms with E-state index in [0.29, 0.717) is 6.54 Å². The number of hydrogen-bond acceptors (Lipinski definition) is 5. The van der Waals surface area contributed by atoms with Crippen LogP contribution in [0.15, 0.2) is 60.9 Å². The summed E-state index contributed by atoms with van der Waals surface area (Å²) in [5.74, 6) is 0.236. The third-order valence-corrected chi connectivity index (χ3v) is 5.12. The summed E-state index contributed by atoms with van der Waals surface area (Å²) in [7, 11) is 0. The number of nitrogens with zero attached hydrogens (tertiary/aromatic N) is 2. The van der Waals surface area contributed by atoms with Crippen molar-refractivity contribution < 1.29 is 5.11 Å². The van der Waals surface area contributed by atoms with E-state index in [4.69, 9.17) is 0 Å². The quantitative estimate of drug-likeness (QED) is 0.692. The number of rotatable bonds is 7. The maximum atomic E-state index is 9.73. The Balaban J connectivity index is 1.63. The molecule has 2 aromatic heterocycles. The van der Waals surface area contributed by atoms with Crippen LogP contribution in [0.5, 0.6) is 0 Å². The number of aliphatic hydroxyl groups excluding tert-OH is 1. The van der Waals surface area contributed by atoms with E-state index in [1.807, 2.05) is 42.6 Å². The minimum absolute atomic E-state index is 0.00722. The van der Waals surface area contributed by atoms with Crippen molar-refractivity contribution in [3.8, 4) is 10.7 Å². The first-order chi connectivity index (χ1) is 11.8. The minimum atomic E-state index is 0.00722. The lowest BCUT2D eigenvalue weighted by atomic mass is 9.94. The number of thiazole rings is 1. The number of hydrogen-bond donors (Lipinski definition) is 2. The van der Waals surface area contributed by atoms with Crippen LogP contribution in [-0.2, 0) is 6.54 Å². The summed E-state index contributed by atoms with van der Waals surface area (Å²) >= 11 is 1.63. The molecule has 0 saturated carbocycles. The molecule has 0 fully saturated rings. The molecule has 3 aromatic rings. The zero-order valence-electron chi connectivity index (χ0n) is 13.6. The van der Waals surface area contributed by atoms with Crippen LogP contribution in [-0.4, -0.2) is 27.7 Å². The van der Waals surface area contributed by atoms with Gasteiger partial charge in [0.25, 0.3) is 0 Å². The van der Waals surface area contributed by atoms with E-state index in [2.05, 4.69) is 34.3 Å². The molecule has 0 radical (unpaired) electrons. The summed E-state index contributed by atoms with van der Waals surface area (Å²) in [5, 5.41) is 14.1. The second kappa shape index (κ2) is 8.15. The van der Waals surface area contributed by atoms with Gasteiger partial charge in [-0.1, -0.05) is 43.3 Å². The van der Waals surface area contributed by atoms with E-state index < -0.39 is 0 Å².